The van der Waals surface area contributed by atoms with E-state index in [9.17, 15) is 13.2 Å². The molecule has 0 spiro atoms. The molecule has 0 heterocycles. The van der Waals surface area contributed by atoms with Gasteiger partial charge in [-0.1, -0.05) is 19.1 Å². The zero-order valence-electron chi connectivity index (χ0n) is 8.60. The maximum atomic E-state index is 12.8. The molecular formula is C10H16F3N. The molecule has 2 N–H and O–H groups in total. The summed E-state index contributed by atoms with van der Waals surface area (Å²) >= 11 is 0. The number of halogens is 3. The van der Waals surface area contributed by atoms with Gasteiger partial charge in [-0.15, -0.1) is 0 Å². The summed E-state index contributed by atoms with van der Waals surface area (Å²) in [7, 11) is 0. The van der Waals surface area contributed by atoms with Gasteiger partial charge in [0, 0.05) is 11.6 Å². The Morgan fingerprint density at radius 3 is 2.14 bits per heavy atom. The van der Waals surface area contributed by atoms with Crippen molar-refractivity contribution in [2.45, 2.75) is 33.4 Å². The van der Waals surface area contributed by atoms with Crippen LogP contribution in [0.4, 0.5) is 13.2 Å². The van der Waals surface area contributed by atoms with Crippen molar-refractivity contribution in [1.82, 2.24) is 0 Å². The van der Waals surface area contributed by atoms with Crippen LogP contribution in [-0.4, -0.2) is 12.6 Å². The van der Waals surface area contributed by atoms with Crippen molar-refractivity contribution >= 4 is 0 Å². The molecule has 0 fully saturated rings. The molecule has 0 amide bonds. The van der Waals surface area contributed by atoms with E-state index in [4.69, 9.17) is 5.73 Å². The maximum Gasteiger partial charge on any atom is 0.269 e. The number of alkyl halides is 3. The average molecular weight is 207 g/mol. The molecule has 0 aliphatic carbocycles. The zero-order chi connectivity index (χ0) is 11.3. The van der Waals surface area contributed by atoms with E-state index in [1.54, 1.807) is 19.9 Å². The van der Waals surface area contributed by atoms with Gasteiger partial charge in [0.25, 0.3) is 6.43 Å². The third-order valence-electron chi connectivity index (χ3n) is 2.02. The van der Waals surface area contributed by atoms with Gasteiger partial charge in [-0.2, -0.15) is 0 Å². The van der Waals surface area contributed by atoms with Gasteiger partial charge < -0.3 is 5.73 Å². The Labute approximate surface area is 82.5 Å². The van der Waals surface area contributed by atoms with E-state index in [2.05, 4.69) is 0 Å². The monoisotopic (exact) mass is 207 g/mol. The Bertz CT molecular complexity index is 234. The molecule has 0 aromatic carbocycles. The molecule has 0 aromatic heterocycles. The summed E-state index contributed by atoms with van der Waals surface area (Å²) in [5.41, 5.74) is 6.64. The summed E-state index contributed by atoms with van der Waals surface area (Å²) in [6.07, 6.45) is -2.00. The predicted molar refractivity (Wildman–Crippen MR) is 51.8 cm³/mol. The standard InChI is InChI=1S/C10H16F3N/c1-4-8(14)6(2)5-7(3)9(11)10(12)13/h4-5,7,9-10H,14H2,1-3H3/b6-5-,8-4+/t7-,9?/m0/s1. The highest BCUT2D eigenvalue weighted by Gasteiger charge is 2.24. The van der Waals surface area contributed by atoms with Crippen LogP contribution in [0.3, 0.4) is 0 Å². The summed E-state index contributed by atoms with van der Waals surface area (Å²) < 4.78 is 36.7. The second-order valence-corrected chi connectivity index (χ2v) is 3.23. The first-order valence-electron chi connectivity index (χ1n) is 4.43. The van der Waals surface area contributed by atoms with Gasteiger partial charge in [0.15, 0.2) is 6.17 Å². The first-order valence-corrected chi connectivity index (χ1v) is 4.43. The molecule has 0 aliphatic rings. The highest BCUT2D eigenvalue weighted by Crippen LogP contribution is 2.19. The van der Waals surface area contributed by atoms with Crippen LogP contribution in [-0.2, 0) is 0 Å². The Balaban J connectivity index is 4.50. The van der Waals surface area contributed by atoms with Crippen molar-refractivity contribution in [2.24, 2.45) is 11.7 Å². The number of nitrogens with two attached hydrogens (primary N) is 1. The second kappa shape index (κ2) is 5.73. The van der Waals surface area contributed by atoms with E-state index in [1.807, 2.05) is 0 Å². The summed E-state index contributed by atoms with van der Waals surface area (Å²) in [5, 5.41) is 0. The maximum absolute atomic E-state index is 12.8. The van der Waals surface area contributed by atoms with Gasteiger partial charge >= 0.3 is 0 Å². The Morgan fingerprint density at radius 1 is 1.29 bits per heavy atom. The SMILES string of the molecule is C/C=C(N)\C(C)=C/[C@H](C)C(F)C(F)F. The van der Waals surface area contributed by atoms with Gasteiger partial charge in [0.2, 0.25) is 0 Å². The van der Waals surface area contributed by atoms with E-state index < -0.39 is 18.5 Å². The third-order valence-corrected chi connectivity index (χ3v) is 2.02. The molecule has 0 radical (unpaired) electrons. The molecule has 2 atom stereocenters. The lowest BCUT2D eigenvalue weighted by Gasteiger charge is -2.13. The van der Waals surface area contributed by atoms with E-state index in [-0.39, 0.29) is 0 Å². The van der Waals surface area contributed by atoms with Crippen molar-refractivity contribution in [1.29, 1.82) is 0 Å². The van der Waals surface area contributed by atoms with E-state index in [1.165, 1.54) is 13.0 Å². The highest BCUT2D eigenvalue weighted by molar-refractivity contribution is 5.26. The molecule has 0 aromatic rings. The first kappa shape index (κ1) is 13.1. The predicted octanol–water partition coefficient (Wildman–Crippen LogP) is 3.03. The van der Waals surface area contributed by atoms with Gasteiger partial charge in [0.1, 0.15) is 0 Å². The first-order chi connectivity index (χ1) is 6.40. The lowest BCUT2D eigenvalue weighted by atomic mass is 10.0. The Morgan fingerprint density at radius 2 is 1.79 bits per heavy atom. The van der Waals surface area contributed by atoms with E-state index >= 15 is 0 Å². The van der Waals surface area contributed by atoms with Crippen molar-refractivity contribution < 1.29 is 13.2 Å². The molecule has 1 unspecified atom stereocenters. The summed E-state index contributed by atoms with van der Waals surface area (Å²) in [5.74, 6) is -0.825. The van der Waals surface area contributed by atoms with Gasteiger partial charge in [-0.05, 0) is 19.4 Å². The third kappa shape index (κ3) is 3.85. The Kier molecular flexibility index (Phi) is 5.35. The number of rotatable bonds is 4. The summed E-state index contributed by atoms with van der Waals surface area (Å²) in [6.45, 7) is 4.81. The molecule has 0 rings (SSSR count). The average Bonchev–Trinajstić information content (AvgIpc) is 2.14. The van der Waals surface area contributed by atoms with Crippen LogP contribution in [0.2, 0.25) is 0 Å². The molecule has 0 saturated heterocycles. The van der Waals surface area contributed by atoms with Gasteiger partial charge in [-0.25, -0.2) is 13.2 Å². The number of allylic oxidation sites excluding steroid dienone is 3. The lowest BCUT2D eigenvalue weighted by molar-refractivity contribution is 0.0311. The van der Waals surface area contributed by atoms with Crippen molar-refractivity contribution in [3.05, 3.63) is 23.4 Å². The van der Waals surface area contributed by atoms with Crippen molar-refractivity contribution in [2.75, 3.05) is 0 Å². The molecule has 0 aliphatic heterocycles. The zero-order valence-corrected chi connectivity index (χ0v) is 8.60. The molecule has 0 bridgehead atoms. The smallest absolute Gasteiger partial charge is 0.269 e. The molecule has 1 nitrogen and oxygen atoms in total. The molecule has 4 heteroatoms. The highest BCUT2D eigenvalue weighted by atomic mass is 19.3. The summed E-state index contributed by atoms with van der Waals surface area (Å²) in [6, 6.07) is 0. The number of hydrogen-bond acceptors (Lipinski definition) is 1. The topological polar surface area (TPSA) is 26.0 Å². The van der Waals surface area contributed by atoms with Gasteiger partial charge in [-0.3, -0.25) is 0 Å². The van der Waals surface area contributed by atoms with Crippen LogP contribution in [0, 0.1) is 5.92 Å². The van der Waals surface area contributed by atoms with E-state index in [0.29, 0.717) is 11.3 Å². The Hall–Kier alpha value is -0.930. The largest absolute Gasteiger partial charge is 0.399 e. The fourth-order valence-corrected chi connectivity index (χ4v) is 1.04. The fraction of sp³-hybridized carbons (Fsp3) is 0.600. The van der Waals surface area contributed by atoms with Crippen LogP contribution < -0.4 is 5.73 Å². The van der Waals surface area contributed by atoms with Crippen LogP contribution in [0.15, 0.2) is 23.4 Å². The molecule has 82 valence electrons. The number of hydrogen-bond donors (Lipinski definition) is 1. The van der Waals surface area contributed by atoms with Crippen molar-refractivity contribution in [3.8, 4) is 0 Å². The van der Waals surface area contributed by atoms with Crippen LogP contribution in [0.1, 0.15) is 20.8 Å². The van der Waals surface area contributed by atoms with Crippen LogP contribution >= 0.6 is 0 Å². The van der Waals surface area contributed by atoms with Crippen LogP contribution in [0.25, 0.3) is 0 Å². The second-order valence-electron chi connectivity index (χ2n) is 3.23. The van der Waals surface area contributed by atoms with Gasteiger partial charge in [0.05, 0.1) is 0 Å². The normalized spacial score (nSPS) is 18.5. The minimum atomic E-state index is -2.94. The summed E-state index contributed by atoms with van der Waals surface area (Å²) in [4.78, 5) is 0. The van der Waals surface area contributed by atoms with E-state index in [0.717, 1.165) is 0 Å². The molecular weight excluding hydrogens is 191 g/mol. The fourth-order valence-electron chi connectivity index (χ4n) is 1.04. The minimum Gasteiger partial charge on any atom is -0.399 e. The van der Waals surface area contributed by atoms with Crippen molar-refractivity contribution in [3.63, 3.8) is 0 Å². The lowest BCUT2D eigenvalue weighted by Crippen LogP contribution is -2.20. The van der Waals surface area contributed by atoms with Crippen LogP contribution in [0.5, 0.6) is 0 Å². The molecule has 0 saturated carbocycles. The minimum absolute atomic E-state index is 0.485. The molecule has 14 heavy (non-hydrogen) atoms. The quantitative estimate of drug-likeness (QED) is 0.704.